The van der Waals surface area contributed by atoms with Crippen molar-refractivity contribution in [3.63, 3.8) is 0 Å². The molecule has 32 heavy (non-hydrogen) atoms. The fourth-order valence-corrected chi connectivity index (χ4v) is 5.17. The average molecular weight is 437 g/mol. The quantitative estimate of drug-likeness (QED) is 0.576. The zero-order chi connectivity index (χ0) is 23.0. The van der Waals surface area contributed by atoms with Gasteiger partial charge in [-0.15, -0.1) is 0 Å². The number of amides is 2. The number of carbonyl (C=O) groups is 3. The maximum absolute atomic E-state index is 13.5. The molecule has 2 aliphatic heterocycles. The van der Waals surface area contributed by atoms with Crippen LogP contribution in [-0.2, 0) is 20.8 Å². The molecule has 0 spiro atoms. The molecule has 0 aromatic heterocycles. The van der Waals surface area contributed by atoms with Crippen molar-refractivity contribution in [2.75, 3.05) is 6.54 Å². The predicted molar refractivity (Wildman–Crippen MR) is 118 cm³/mol. The van der Waals surface area contributed by atoms with E-state index in [1.54, 1.807) is 12.1 Å². The molecule has 0 radical (unpaired) electrons. The number of carboxylic acid groups (broad SMARTS) is 1. The lowest BCUT2D eigenvalue weighted by Crippen LogP contribution is -2.57. The highest BCUT2D eigenvalue weighted by atomic mass is 16.4. The SMILES string of the molecule is CCCCN1C(=O)C2C(c3ccccc3C)NC(Cc3ccc(O)cc3)(C(=O)O)C2C1=O. The van der Waals surface area contributed by atoms with Crippen LogP contribution >= 0.6 is 0 Å². The number of nitrogens with one attached hydrogen (secondary N) is 1. The van der Waals surface area contributed by atoms with E-state index in [1.165, 1.54) is 17.0 Å². The molecule has 2 fully saturated rings. The molecular weight excluding hydrogens is 408 g/mol. The van der Waals surface area contributed by atoms with E-state index in [1.807, 2.05) is 38.1 Å². The average Bonchev–Trinajstić information content (AvgIpc) is 3.23. The maximum atomic E-state index is 13.5. The van der Waals surface area contributed by atoms with Gasteiger partial charge in [0.05, 0.1) is 11.8 Å². The van der Waals surface area contributed by atoms with Gasteiger partial charge in [0.2, 0.25) is 11.8 Å². The number of imide groups is 1. The van der Waals surface area contributed by atoms with Gasteiger partial charge in [0, 0.05) is 19.0 Å². The van der Waals surface area contributed by atoms with Gasteiger partial charge in [-0.25, -0.2) is 0 Å². The largest absolute Gasteiger partial charge is 0.508 e. The van der Waals surface area contributed by atoms with Crippen LogP contribution in [0.15, 0.2) is 48.5 Å². The van der Waals surface area contributed by atoms with E-state index in [2.05, 4.69) is 5.32 Å². The molecule has 168 valence electrons. The van der Waals surface area contributed by atoms with Crippen LogP contribution in [0.3, 0.4) is 0 Å². The molecular formula is C25H28N2O5. The van der Waals surface area contributed by atoms with E-state index < -0.39 is 35.3 Å². The Morgan fingerprint density at radius 2 is 1.78 bits per heavy atom. The maximum Gasteiger partial charge on any atom is 0.325 e. The predicted octanol–water partition coefficient (Wildman–Crippen LogP) is 2.81. The summed E-state index contributed by atoms with van der Waals surface area (Å²) >= 11 is 0. The summed E-state index contributed by atoms with van der Waals surface area (Å²) < 4.78 is 0. The number of rotatable bonds is 7. The first-order valence-corrected chi connectivity index (χ1v) is 11.0. The van der Waals surface area contributed by atoms with Gasteiger partial charge in [0.25, 0.3) is 0 Å². The number of hydrogen-bond donors (Lipinski definition) is 3. The third kappa shape index (κ3) is 3.46. The van der Waals surface area contributed by atoms with Gasteiger partial charge < -0.3 is 10.2 Å². The van der Waals surface area contributed by atoms with Crippen LogP contribution in [-0.4, -0.2) is 45.0 Å². The topological polar surface area (TPSA) is 107 Å². The van der Waals surface area contributed by atoms with Gasteiger partial charge in [-0.2, -0.15) is 0 Å². The molecule has 2 aliphatic rings. The van der Waals surface area contributed by atoms with Gasteiger partial charge in [-0.3, -0.25) is 24.6 Å². The molecule has 7 nitrogen and oxygen atoms in total. The lowest BCUT2D eigenvalue weighted by molar-refractivity contribution is -0.151. The Morgan fingerprint density at radius 3 is 2.41 bits per heavy atom. The first-order chi connectivity index (χ1) is 15.3. The Labute approximate surface area is 187 Å². The molecule has 2 amide bonds. The summed E-state index contributed by atoms with van der Waals surface area (Å²) in [6.07, 6.45) is 1.52. The second-order valence-electron chi connectivity index (χ2n) is 8.78. The first-order valence-electron chi connectivity index (χ1n) is 11.0. The van der Waals surface area contributed by atoms with Crippen LogP contribution in [0.2, 0.25) is 0 Å². The van der Waals surface area contributed by atoms with Crippen LogP contribution in [0.4, 0.5) is 0 Å². The zero-order valence-corrected chi connectivity index (χ0v) is 18.2. The molecule has 4 rings (SSSR count). The number of nitrogens with zero attached hydrogens (tertiary/aromatic N) is 1. The molecule has 2 aromatic rings. The lowest BCUT2D eigenvalue weighted by atomic mass is 9.76. The lowest BCUT2D eigenvalue weighted by Gasteiger charge is -2.31. The zero-order valence-electron chi connectivity index (χ0n) is 18.2. The summed E-state index contributed by atoms with van der Waals surface area (Å²) in [5.74, 6) is -3.60. The number of fused-ring (bicyclic) bond motifs is 1. The van der Waals surface area contributed by atoms with E-state index in [4.69, 9.17) is 0 Å². The monoisotopic (exact) mass is 436 g/mol. The van der Waals surface area contributed by atoms with Crippen molar-refractivity contribution in [3.05, 3.63) is 65.2 Å². The number of benzene rings is 2. The summed E-state index contributed by atoms with van der Waals surface area (Å²) in [5, 5.41) is 23.3. The van der Waals surface area contributed by atoms with Crippen molar-refractivity contribution in [2.24, 2.45) is 11.8 Å². The summed E-state index contributed by atoms with van der Waals surface area (Å²) in [7, 11) is 0. The van der Waals surface area contributed by atoms with E-state index >= 15 is 0 Å². The molecule has 2 saturated heterocycles. The van der Waals surface area contributed by atoms with Crippen LogP contribution in [0.25, 0.3) is 0 Å². The summed E-state index contributed by atoms with van der Waals surface area (Å²) in [4.78, 5) is 41.0. The second-order valence-corrected chi connectivity index (χ2v) is 8.78. The normalized spacial score (nSPS) is 27.1. The Morgan fingerprint density at radius 1 is 1.09 bits per heavy atom. The third-order valence-electron chi connectivity index (χ3n) is 6.81. The molecule has 4 unspecified atom stereocenters. The number of carbonyl (C=O) groups excluding carboxylic acids is 2. The van der Waals surface area contributed by atoms with E-state index in [0.29, 0.717) is 18.5 Å². The minimum absolute atomic E-state index is 0.0206. The van der Waals surface area contributed by atoms with Crippen molar-refractivity contribution < 1.29 is 24.6 Å². The van der Waals surface area contributed by atoms with E-state index in [-0.39, 0.29) is 18.1 Å². The number of carboxylic acids is 1. The molecule has 4 atom stereocenters. The molecule has 3 N–H and O–H groups in total. The fourth-order valence-electron chi connectivity index (χ4n) is 5.17. The van der Waals surface area contributed by atoms with Crippen molar-refractivity contribution in [1.29, 1.82) is 0 Å². The van der Waals surface area contributed by atoms with E-state index in [0.717, 1.165) is 17.5 Å². The fraction of sp³-hybridized carbons (Fsp3) is 0.400. The number of likely N-dealkylation sites (tertiary alicyclic amines) is 1. The van der Waals surface area contributed by atoms with Gasteiger partial charge in [0.1, 0.15) is 11.3 Å². The number of aryl methyl sites for hydroxylation is 1. The van der Waals surface area contributed by atoms with Gasteiger partial charge in [0.15, 0.2) is 0 Å². The highest BCUT2D eigenvalue weighted by molar-refractivity contribution is 6.09. The van der Waals surface area contributed by atoms with Crippen LogP contribution in [0.5, 0.6) is 5.75 Å². The van der Waals surface area contributed by atoms with Crippen molar-refractivity contribution >= 4 is 17.8 Å². The molecule has 7 heteroatoms. The minimum atomic E-state index is -1.64. The third-order valence-corrected chi connectivity index (χ3v) is 6.81. The van der Waals surface area contributed by atoms with Crippen molar-refractivity contribution in [1.82, 2.24) is 10.2 Å². The number of unbranched alkanes of at least 4 members (excludes halogenated alkanes) is 1. The molecule has 2 heterocycles. The molecule has 0 saturated carbocycles. The Bertz CT molecular complexity index is 1050. The van der Waals surface area contributed by atoms with Crippen LogP contribution in [0, 0.1) is 18.8 Å². The standard InChI is InChI=1S/C25H28N2O5/c1-3-4-13-27-22(29)19-20(23(27)30)25(24(31)32,14-16-9-11-17(28)12-10-16)26-21(19)18-8-6-5-7-15(18)2/h5-12,19-21,26,28H,3-4,13-14H2,1-2H3,(H,31,32). The van der Waals surface area contributed by atoms with Crippen LogP contribution in [0.1, 0.15) is 42.5 Å². The van der Waals surface area contributed by atoms with Gasteiger partial charge >= 0.3 is 5.97 Å². The number of aromatic hydroxyl groups is 1. The minimum Gasteiger partial charge on any atom is -0.508 e. The number of aliphatic carboxylic acids is 1. The summed E-state index contributed by atoms with van der Waals surface area (Å²) in [5.41, 5.74) is 0.785. The highest BCUT2D eigenvalue weighted by Gasteiger charge is 2.68. The molecule has 0 aliphatic carbocycles. The smallest absolute Gasteiger partial charge is 0.325 e. The van der Waals surface area contributed by atoms with Gasteiger partial charge in [-0.1, -0.05) is 49.7 Å². The Balaban J connectivity index is 1.83. The highest BCUT2D eigenvalue weighted by Crippen LogP contribution is 2.50. The summed E-state index contributed by atoms with van der Waals surface area (Å²) in [6, 6.07) is 13.2. The van der Waals surface area contributed by atoms with E-state index in [9.17, 15) is 24.6 Å². The first kappa shape index (κ1) is 22.0. The second kappa shape index (κ2) is 8.39. The van der Waals surface area contributed by atoms with Crippen molar-refractivity contribution in [3.8, 4) is 5.75 Å². The number of phenolic OH excluding ortho intramolecular Hbond substituents is 1. The van der Waals surface area contributed by atoms with Crippen LogP contribution < -0.4 is 5.32 Å². The Kier molecular flexibility index (Phi) is 5.77. The number of phenols is 1. The molecule has 0 bridgehead atoms. The van der Waals surface area contributed by atoms with Crippen molar-refractivity contribution in [2.45, 2.75) is 44.7 Å². The molecule has 2 aromatic carbocycles. The summed E-state index contributed by atoms with van der Waals surface area (Å²) in [6.45, 7) is 4.20. The number of hydrogen-bond acceptors (Lipinski definition) is 5. The Hall–Kier alpha value is -3.19. The van der Waals surface area contributed by atoms with Gasteiger partial charge in [-0.05, 0) is 42.2 Å².